The molecule has 0 saturated carbocycles. The Morgan fingerprint density at radius 1 is 0.833 bits per heavy atom. The van der Waals surface area contributed by atoms with Crippen LogP contribution in [0.15, 0.2) is 78.0 Å². The normalized spacial score (nSPS) is 14.3. The number of benzene rings is 3. The highest BCUT2D eigenvalue weighted by atomic mass is 32.2. The van der Waals surface area contributed by atoms with Gasteiger partial charge in [0.15, 0.2) is 5.16 Å². The number of anilines is 1. The fourth-order valence-electron chi connectivity index (χ4n) is 3.85. The van der Waals surface area contributed by atoms with Gasteiger partial charge in [-0.15, -0.1) is 10.2 Å². The Morgan fingerprint density at radius 2 is 1.60 bits per heavy atom. The molecule has 3 aromatic carbocycles. The predicted octanol–water partition coefficient (Wildman–Crippen LogP) is 4.61. The molecule has 6 heteroatoms. The van der Waals surface area contributed by atoms with Crippen LogP contribution in [0.1, 0.15) is 11.1 Å². The fraction of sp³-hybridized carbons (Fsp3) is 0.250. The van der Waals surface area contributed by atoms with Crippen molar-refractivity contribution < 1.29 is 4.74 Å². The van der Waals surface area contributed by atoms with Crippen molar-refractivity contribution in [3.63, 3.8) is 0 Å². The molecule has 152 valence electrons. The molecule has 0 spiro atoms. The highest BCUT2D eigenvalue weighted by molar-refractivity contribution is 7.98. The molecule has 5 nitrogen and oxygen atoms in total. The average molecular weight is 417 g/mol. The van der Waals surface area contributed by atoms with Crippen LogP contribution in [0, 0.1) is 0 Å². The van der Waals surface area contributed by atoms with E-state index in [1.54, 1.807) is 11.8 Å². The first-order chi connectivity index (χ1) is 14.9. The molecule has 0 bridgehead atoms. The maximum Gasteiger partial charge on any atom is 0.228 e. The van der Waals surface area contributed by atoms with Gasteiger partial charge in [0.1, 0.15) is 0 Å². The Morgan fingerprint density at radius 3 is 2.47 bits per heavy atom. The van der Waals surface area contributed by atoms with Gasteiger partial charge in [0.25, 0.3) is 0 Å². The molecule has 1 aliphatic heterocycles. The van der Waals surface area contributed by atoms with Crippen LogP contribution in [-0.2, 0) is 17.0 Å². The Labute approximate surface area is 180 Å². The summed E-state index contributed by atoms with van der Waals surface area (Å²) in [7, 11) is 0. The van der Waals surface area contributed by atoms with Crippen molar-refractivity contribution in [3.05, 3.63) is 83.9 Å². The number of nitrogens with zero attached hydrogens (tertiary/aromatic N) is 4. The van der Waals surface area contributed by atoms with Crippen LogP contribution in [0.2, 0.25) is 0 Å². The van der Waals surface area contributed by atoms with E-state index >= 15 is 0 Å². The average Bonchev–Trinajstić information content (AvgIpc) is 3.21. The standard InChI is InChI=1S/C24H24N4OS/c1-2-7-19(8-3-1)17-28-23(27-13-15-29-16-14-27)25-26-24(28)30-18-21-11-6-10-20-9-4-5-12-22(20)21/h1-12H,13-18H2. The van der Waals surface area contributed by atoms with E-state index in [-0.39, 0.29) is 0 Å². The highest BCUT2D eigenvalue weighted by Gasteiger charge is 2.21. The first-order valence-corrected chi connectivity index (χ1v) is 11.3. The molecule has 0 atom stereocenters. The molecule has 1 aliphatic rings. The van der Waals surface area contributed by atoms with Crippen LogP contribution in [-0.4, -0.2) is 41.1 Å². The van der Waals surface area contributed by atoms with E-state index in [0.29, 0.717) is 0 Å². The summed E-state index contributed by atoms with van der Waals surface area (Å²) in [4.78, 5) is 2.28. The number of hydrogen-bond acceptors (Lipinski definition) is 5. The molecule has 2 heterocycles. The zero-order chi connectivity index (χ0) is 20.2. The van der Waals surface area contributed by atoms with Crippen LogP contribution in [0.5, 0.6) is 0 Å². The molecule has 5 rings (SSSR count). The molecule has 1 fully saturated rings. The number of fused-ring (bicyclic) bond motifs is 1. The minimum atomic E-state index is 0.733. The van der Waals surface area contributed by atoms with E-state index in [1.165, 1.54) is 21.9 Å². The molecule has 0 unspecified atom stereocenters. The second-order valence-corrected chi connectivity index (χ2v) is 8.32. The minimum absolute atomic E-state index is 0.733. The summed E-state index contributed by atoms with van der Waals surface area (Å²) in [6.07, 6.45) is 0. The molecule has 1 aromatic heterocycles. The quantitative estimate of drug-likeness (QED) is 0.430. The van der Waals surface area contributed by atoms with Gasteiger partial charge in [-0.2, -0.15) is 0 Å². The summed E-state index contributed by atoms with van der Waals surface area (Å²) in [5.41, 5.74) is 2.57. The largest absolute Gasteiger partial charge is 0.378 e. The second kappa shape index (κ2) is 8.90. The zero-order valence-electron chi connectivity index (χ0n) is 16.8. The van der Waals surface area contributed by atoms with E-state index in [4.69, 9.17) is 4.74 Å². The maximum absolute atomic E-state index is 5.53. The van der Waals surface area contributed by atoms with Crippen LogP contribution >= 0.6 is 11.8 Å². The van der Waals surface area contributed by atoms with E-state index in [1.807, 2.05) is 0 Å². The summed E-state index contributed by atoms with van der Waals surface area (Å²) in [5, 5.41) is 12.7. The lowest BCUT2D eigenvalue weighted by Gasteiger charge is -2.28. The maximum atomic E-state index is 5.53. The van der Waals surface area contributed by atoms with Crippen molar-refractivity contribution in [1.82, 2.24) is 14.8 Å². The molecule has 0 amide bonds. The third-order valence-electron chi connectivity index (χ3n) is 5.41. The first-order valence-electron chi connectivity index (χ1n) is 10.3. The monoisotopic (exact) mass is 416 g/mol. The minimum Gasteiger partial charge on any atom is -0.378 e. The van der Waals surface area contributed by atoms with Gasteiger partial charge >= 0.3 is 0 Å². The number of aromatic nitrogens is 3. The number of ether oxygens (including phenoxy) is 1. The lowest BCUT2D eigenvalue weighted by molar-refractivity contribution is 0.121. The SMILES string of the molecule is c1ccc(Cn2c(SCc3cccc4ccccc34)nnc2N2CCOCC2)cc1. The number of rotatable bonds is 6. The molecule has 0 N–H and O–H groups in total. The van der Waals surface area contributed by atoms with Crippen molar-refractivity contribution in [2.24, 2.45) is 0 Å². The Bertz CT molecular complexity index is 1120. The van der Waals surface area contributed by atoms with Gasteiger partial charge in [-0.3, -0.25) is 4.57 Å². The molecule has 30 heavy (non-hydrogen) atoms. The van der Waals surface area contributed by atoms with Gasteiger partial charge in [-0.1, -0.05) is 84.6 Å². The van der Waals surface area contributed by atoms with Gasteiger partial charge < -0.3 is 9.64 Å². The number of morpholine rings is 1. The Balaban J connectivity index is 1.44. The van der Waals surface area contributed by atoms with Crippen LogP contribution in [0.25, 0.3) is 10.8 Å². The topological polar surface area (TPSA) is 43.2 Å². The third-order valence-corrected chi connectivity index (χ3v) is 6.43. The Hall–Kier alpha value is -2.83. The van der Waals surface area contributed by atoms with Crippen molar-refractivity contribution in [1.29, 1.82) is 0 Å². The number of thioether (sulfide) groups is 1. The molecule has 0 radical (unpaired) electrons. The van der Waals surface area contributed by atoms with Crippen molar-refractivity contribution in [3.8, 4) is 0 Å². The summed E-state index contributed by atoms with van der Waals surface area (Å²) in [6, 6.07) is 25.6. The van der Waals surface area contributed by atoms with E-state index in [9.17, 15) is 0 Å². The van der Waals surface area contributed by atoms with Gasteiger partial charge in [0.2, 0.25) is 5.95 Å². The van der Waals surface area contributed by atoms with E-state index < -0.39 is 0 Å². The smallest absolute Gasteiger partial charge is 0.228 e. The lowest BCUT2D eigenvalue weighted by Crippen LogP contribution is -2.38. The Kier molecular flexibility index (Phi) is 5.68. The highest BCUT2D eigenvalue weighted by Crippen LogP contribution is 2.29. The summed E-state index contributed by atoms with van der Waals surface area (Å²) in [5.74, 6) is 1.79. The van der Waals surface area contributed by atoms with E-state index in [0.717, 1.165) is 49.7 Å². The van der Waals surface area contributed by atoms with Crippen LogP contribution < -0.4 is 4.90 Å². The molecular formula is C24H24N4OS. The van der Waals surface area contributed by atoms with Gasteiger partial charge in [0.05, 0.1) is 19.8 Å². The van der Waals surface area contributed by atoms with Gasteiger partial charge in [-0.05, 0) is 21.9 Å². The fourth-order valence-corrected chi connectivity index (χ4v) is 4.79. The van der Waals surface area contributed by atoms with Crippen molar-refractivity contribution in [2.45, 2.75) is 17.5 Å². The first kappa shape index (κ1) is 19.2. The number of hydrogen-bond donors (Lipinski definition) is 0. The van der Waals surface area contributed by atoms with Gasteiger partial charge in [0, 0.05) is 18.8 Å². The van der Waals surface area contributed by atoms with Crippen LogP contribution in [0.3, 0.4) is 0 Å². The summed E-state index contributed by atoms with van der Waals surface area (Å²) >= 11 is 1.75. The summed E-state index contributed by atoms with van der Waals surface area (Å²) in [6.45, 7) is 3.92. The van der Waals surface area contributed by atoms with Crippen LogP contribution in [0.4, 0.5) is 5.95 Å². The van der Waals surface area contributed by atoms with Crippen molar-refractivity contribution in [2.75, 3.05) is 31.2 Å². The van der Waals surface area contributed by atoms with Gasteiger partial charge in [-0.25, -0.2) is 0 Å². The van der Waals surface area contributed by atoms with E-state index in [2.05, 4.69) is 92.5 Å². The molecule has 4 aromatic rings. The zero-order valence-corrected chi connectivity index (χ0v) is 17.6. The second-order valence-electron chi connectivity index (χ2n) is 7.38. The predicted molar refractivity (Wildman–Crippen MR) is 122 cm³/mol. The molecular weight excluding hydrogens is 392 g/mol. The molecule has 0 aliphatic carbocycles. The van der Waals surface area contributed by atoms with Crippen molar-refractivity contribution >= 4 is 28.5 Å². The lowest BCUT2D eigenvalue weighted by atomic mass is 10.1. The third kappa shape index (κ3) is 4.06. The molecule has 1 saturated heterocycles. The summed E-state index contributed by atoms with van der Waals surface area (Å²) < 4.78 is 7.77.